The Kier molecular flexibility index (Phi) is 7.55. The molecule has 2 aromatic carbocycles. The average molecular weight is 431 g/mol. The van der Waals surface area contributed by atoms with Crippen LogP contribution in [-0.4, -0.2) is 26.4 Å². The summed E-state index contributed by atoms with van der Waals surface area (Å²) in [6.45, 7) is 2.90. The largest absolute Gasteiger partial charge is 0.486 e. The fourth-order valence-corrected chi connectivity index (χ4v) is 3.44. The van der Waals surface area contributed by atoms with E-state index in [1.165, 1.54) is 17.3 Å². The SMILES string of the molecule is CCc1ccc(OCc2nnc(SCC(=O)NCc3ccc(Cl)cc3)n2C)cc1. The van der Waals surface area contributed by atoms with Crippen molar-refractivity contribution in [1.29, 1.82) is 0 Å². The van der Waals surface area contributed by atoms with Crippen LogP contribution < -0.4 is 10.1 Å². The zero-order valence-electron chi connectivity index (χ0n) is 16.4. The summed E-state index contributed by atoms with van der Waals surface area (Å²) in [4.78, 5) is 12.1. The lowest BCUT2D eigenvalue weighted by atomic mass is 10.2. The Morgan fingerprint density at radius 1 is 1.10 bits per heavy atom. The van der Waals surface area contributed by atoms with Crippen molar-refractivity contribution >= 4 is 29.3 Å². The maximum atomic E-state index is 12.1. The molecule has 0 saturated carbocycles. The second-order valence-corrected chi connectivity index (χ2v) is 7.81. The van der Waals surface area contributed by atoms with Crippen molar-refractivity contribution in [3.05, 3.63) is 70.5 Å². The van der Waals surface area contributed by atoms with Gasteiger partial charge in [0.15, 0.2) is 11.0 Å². The van der Waals surface area contributed by atoms with Gasteiger partial charge in [-0.2, -0.15) is 0 Å². The van der Waals surface area contributed by atoms with E-state index in [-0.39, 0.29) is 11.7 Å². The molecule has 0 spiro atoms. The predicted octanol–water partition coefficient (Wildman–Crippen LogP) is 4.02. The topological polar surface area (TPSA) is 69.0 Å². The van der Waals surface area contributed by atoms with Gasteiger partial charge in [-0.05, 0) is 41.8 Å². The number of ether oxygens (including phenoxy) is 1. The molecule has 0 bridgehead atoms. The summed E-state index contributed by atoms with van der Waals surface area (Å²) in [6.07, 6.45) is 0.997. The summed E-state index contributed by atoms with van der Waals surface area (Å²) >= 11 is 7.20. The minimum atomic E-state index is -0.0678. The van der Waals surface area contributed by atoms with Gasteiger partial charge >= 0.3 is 0 Å². The van der Waals surface area contributed by atoms with Crippen molar-refractivity contribution in [2.75, 3.05) is 5.75 Å². The van der Waals surface area contributed by atoms with Gasteiger partial charge in [-0.1, -0.05) is 54.6 Å². The Hall–Kier alpha value is -2.51. The Bertz CT molecular complexity index is 942. The lowest BCUT2D eigenvalue weighted by Crippen LogP contribution is -2.24. The first kappa shape index (κ1) is 21.2. The summed E-state index contributed by atoms with van der Waals surface area (Å²) in [6, 6.07) is 15.4. The molecule has 0 atom stereocenters. The van der Waals surface area contributed by atoms with Crippen LogP contribution in [0.25, 0.3) is 0 Å². The van der Waals surface area contributed by atoms with Crippen LogP contribution in [0.1, 0.15) is 23.9 Å². The van der Waals surface area contributed by atoms with E-state index < -0.39 is 0 Å². The van der Waals surface area contributed by atoms with Crippen molar-refractivity contribution < 1.29 is 9.53 Å². The minimum absolute atomic E-state index is 0.0678. The van der Waals surface area contributed by atoms with E-state index in [2.05, 4.69) is 34.6 Å². The van der Waals surface area contributed by atoms with Crippen LogP contribution in [0, 0.1) is 0 Å². The van der Waals surface area contributed by atoms with Gasteiger partial charge in [0.25, 0.3) is 0 Å². The zero-order chi connectivity index (χ0) is 20.6. The van der Waals surface area contributed by atoms with Gasteiger partial charge in [0.1, 0.15) is 12.4 Å². The molecule has 1 amide bonds. The molecule has 0 aliphatic heterocycles. The molecule has 0 aliphatic rings. The van der Waals surface area contributed by atoms with Gasteiger partial charge < -0.3 is 14.6 Å². The molecule has 1 N–H and O–H groups in total. The number of halogens is 1. The standard InChI is InChI=1S/C21H23ClN4O2S/c1-3-15-6-10-18(11-7-15)28-13-19-24-25-21(26(19)2)29-14-20(27)23-12-16-4-8-17(22)9-5-16/h4-11H,3,12-14H2,1-2H3,(H,23,27). The van der Waals surface area contributed by atoms with Gasteiger partial charge in [0.2, 0.25) is 5.91 Å². The normalized spacial score (nSPS) is 10.7. The summed E-state index contributed by atoms with van der Waals surface area (Å²) < 4.78 is 7.63. The lowest BCUT2D eigenvalue weighted by Gasteiger charge is -2.07. The molecule has 0 radical (unpaired) electrons. The lowest BCUT2D eigenvalue weighted by molar-refractivity contribution is -0.118. The summed E-state index contributed by atoms with van der Waals surface area (Å²) in [5, 5.41) is 12.6. The van der Waals surface area contributed by atoms with E-state index in [4.69, 9.17) is 16.3 Å². The molecule has 0 saturated heterocycles. The molecular weight excluding hydrogens is 408 g/mol. The number of thioether (sulfide) groups is 1. The zero-order valence-corrected chi connectivity index (χ0v) is 18.0. The molecule has 0 unspecified atom stereocenters. The van der Waals surface area contributed by atoms with Crippen molar-refractivity contribution in [2.45, 2.75) is 31.7 Å². The van der Waals surface area contributed by atoms with Crippen LogP contribution in [0.15, 0.2) is 53.7 Å². The number of benzene rings is 2. The van der Waals surface area contributed by atoms with Crippen LogP contribution >= 0.6 is 23.4 Å². The number of amides is 1. The third-order valence-electron chi connectivity index (χ3n) is 4.36. The van der Waals surface area contributed by atoms with Gasteiger partial charge in [-0.15, -0.1) is 10.2 Å². The first-order valence-electron chi connectivity index (χ1n) is 9.29. The highest BCUT2D eigenvalue weighted by Crippen LogP contribution is 2.18. The number of hydrogen-bond acceptors (Lipinski definition) is 5. The molecule has 3 rings (SSSR count). The van der Waals surface area contributed by atoms with Crippen molar-refractivity contribution in [3.8, 4) is 5.75 Å². The quantitative estimate of drug-likeness (QED) is 0.519. The molecule has 1 aromatic heterocycles. The monoisotopic (exact) mass is 430 g/mol. The molecule has 8 heteroatoms. The fourth-order valence-electron chi connectivity index (χ4n) is 2.55. The first-order chi connectivity index (χ1) is 14.0. The Morgan fingerprint density at radius 3 is 2.48 bits per heavy atom. The third-order valence-corrected chi connectivity index (χ3v) is 5.63. The molecule has 6 nitrogen and oxygen atoms in total. The van der Waals surface area contributed by atoms with E-state index in [0.29, 0.717) is 29.2 Å². The second kappa shape index (κ2) is 10.3. The number of carbonyl (C=O) groups excluding carboxylic acids is 1. The molecule has 0 aliphatic carbocycles. The molecule has 1 heterocycles. The summed E-state index contributed by atoms with van der Waals surface area (Å²) in [7, 11) is 1.87. The molecular formula is C21H23ClN4O2S. The highest BCUT2D eigenvalue weighted by Gasteiger charge is 2.12. The molecule has 0 fully saturated rings. The number of aryl methyl sites for hydroxylation is 1. The van der Waals surface area contributed by atoms with Gasteiger partial charge in [-0.3, -0.25) is 4.79 Å². The maximum Gasteiger partial charge on any atom is 0.230 e. The maximum absolute atomic E-state index is 12.1. The van der Waals surface area contributed by atoms with Crippen LogP contribution in [0.3, 0.4) is 0 Å². The Morgan fingerprint density at radius 2 is 1.79 bits per heavy atom. The number of aromatic nitrogens is 3. The third kappa shape index (κ3) is 6.24. The summed E-state index contributed by atoms with van der Waals surface area (Å²) in [5.74, 6) is 1.69. The first-order valence-corrected chi connectivity index (χ1v) is 10.7. The van der Waals surface area contributed by atoms with Gasteiger partial charge in [-0.25, -0.2) is 0 Å². The molecule has 29 heavy (non-hydrogen) atoms. The van der Waals surface area contributed by atoms with Gasteiger partial charge in [0, 0.05) is 18.6 Å². The molecule has 152 valence electrons. The van der Waals surface area contributed by atoms with Crippen molar-refractivity contribution in [1.82, 2.24) is 20.1 Å². The number of nitrogens with one attached hydrogen (secondary N) is 1. The van der Waals surface area contributed by atoms with Crippen LogP contribution in [0.2, 0.25) is 5.02 Å². The second-order valence-electron chi connectivity index (χ2n) is 6.44. The van der Waals surface area contributed by atoms with Crippen LogP contribution in [0.5, 0.6) is 5.75 Å². The van der Waals surface area contributed by atoms with E-state index in [9.17, 15) is 4.79 Å². The Labute approximate surface area is 179 Å². The fraction of sp³-hybridized carbons (Fsp3) is 0.286. The molecule has 3 aromatic rings. The van der Waals surface area contributed by atoms with Crippen LogP contribution in [-0.2, 0) is 31.4 Å². The number of rotatable bonds is 9. The average Bonchev–Trinajstić information content (AvgIpc) is 3.10. The predicted molar refractivity (Wildman–Crippen MR) is 115 cm³/mol. The van der Waals surface area contributed by atoms with E-state index >= 15 is 0 Å². The van der Waals surface area contributed by atoms with E-state index in [1.54, 1.807) is 12.1 Å². The number of hydrogen-bond donors (Lipinski definition) is 1. The van der Waals surface area contributed by atoms with Gasteiger partial charge in [0.05, 0.1) is 5.75 Å². The van der Waals surface area contributed by atoms with E-state index in [1.807, 2.05) is 35.9 Å². The highest BCUT2D eigenvalue weighted by molar-refractivity contribution is 7.99. The van der Waals surface area contributed by atoms with Crippen LogP contribution in [0.4, 0.5) is 0 Å². The Balaban J connectivity index is 1.45. The minimum Gasteiger partial charge on any atom is -0.486 e. The smallest absolute Gasteiger partial charge is 0.230 e. The number of nitrogens with zero attached hydrogens (tertiary/aromatic N) is 3. The van der Waals surface area contributed by atoms with Crippen molar-refractivity contribution in [2.24, 2.45) is 7.05 Å². The summed E-state index contributed by atoms with van der Waals surface area (Å²) in [5.41, 5.74) is 2.27. The van der Waals surface area contributed by atoms with Crippen molar-refractivity contribution in [3.63, 3.8) is 0 Å². The number of carbonyl (C=O) groups is 1. The van der Waals surface area contributed by atoms with E-state index in [0.717, 1.165) is 17.7 Å². The highest BCUT2D eigenvalue weighted by atomic mass is 35.5.